The Kier molecular flexibility index (Phi) is 3.53. The molecule has 0 aromatic carbocycles. The summed E-state index contributed by atoms with van der Waals surface area (Å²) in [6.07, 6.45) is 5.54. The number of rotatable bonds is 2. The molecule has 84 valence electrons. The highest BCUT2D eigenvalue weighted by Gasteiger charge is 2.21. The first-order chi connectivity index (χ1) is 7.81. The van der Waals surface area contributed by atoms with Gasteiger partial charge in [0.2, 0.25) is 0 Å². The van der Waals surface area contributed by atoms with E-state index in [2.05, 4.69) is 16.0 Å². The van der Waals surface area contributed by atoms with Crippen LogP contribution in [0.4, 0.5) is 0 Å². The lowest BCUT2D eigenvalue weighted by Gasteiger charge is -2.30. The minimum Gasteiger partial charge on any atom is -0.284 e. The molecule has 1 aliphatic heterocycles. The van der Waals surface area contributed by atoms with Crippen LogP contribution in [0.1, 0.15) is 36.6 Å². The van der Waals surface area contributed by atoms with Crippen LogP contribution in [0.3, 0.4) is 0 Å². The molecule has 0 aliphatic carbocycles. The third-order valence-corrected chi connectivity index (χ3v) is 3.13. The number of piperidine rings is 1. The lowest BCUT2D eigenvalue weighted by atomic mass is 10.0. The van der Waals surface area contributed by atoms with Crippen molar-refractivity contribution in [1.82, 2.24) is 9.88 Å². The lowest BCUT2D eigenvalue weighted by molar-refractivity contribution is 0.196. The van der Waals surface area contributed by atoms with Crippen LogP contribution in [-0.2, 0) is 0 Å². The van der Waals surface area contributed by atoms with E-state index in [-0.39, 0.29) is 6.04 Å². The number of aryl methyl sites for hydroxylation is 1. The molecule has 0 bridgehead atoms. The standard InChI is InChI=1S/C13H17N3/c1-11-5-6-12(10-15-11)13(9-14)16-7-3-2-4-8-16/h5-6,10,13H,2-4,7-8H2,1H3. The minimum absolute atomic E-state index is 0.117. The maximum Gasteiger partial charge on any atom is 0.125 e. The highest BCUT2D eigenvalue weighted by Crippen LogP contribution is 2.23. The molecule has 1 aromatic rings. The second-order valence-electron chi connectivity index (χ2n) is 4.36. The van der Waals surface area contributed by atoms with Crippen molar-refractivity contribution in [1.29, 1.82) is 5.26 Å². The largest absolute Gasteiger partial charge is 0.284 e. The maximum atomic E-state index is 9.28. The van der Waals surface area contributed by atoms with E-state index in [1.807, 2.05) is 25.3 Å². The Morgan fingerprint density at radius 1 is 1.31 bits per heavy atom. The predicted molar refractivity (Wildman–Crippen MR) is 62.8 cm³/mol. The fourth-order valence-electron chi connectivity index (χ4n) is 2.18. The number of hydrogen-bond donors (Lipinski definition) is 0. The molecule has 2 heterocycles. The Labute approximate surface area is 96.7 Å². The molecular weight excluding hydrogens is 198 g/mol. The van der Waals surface area contributed by atoms with Crippen molar-refractivity contribution in [3.8, 4) is 6.07 Å². The Morgan fingerprint density at radius 2 is 2.06 bits per heavy atom. The van der Waals surface area contributed by atoms with E-state index in [1.165, 1.54) is 19.3 Å². The zero-order valence-corrected chi connectivity index (χ0v) is 9.69. The van der Waals surface area contributed by atoms with Gasteiger partial charge in [-0.1, -0.05) is 12.5 Å². The Morgan fingerprint density at radius 3 is 2.62 bits per heavy atom. The molecule has 16 heavy (non-hydrogen) atoms. The number of likely N-dealkylation sites (tertiary alicyclic amines) is 1. The van der Waals surface area contributed by atoms with Crippen LogP contribution in [0.2, 0.25) is 0 Å². The van der Waals surface area contributed by atoms with E-state index < -0.39 is 0 Å². The van der Waals surface area contributed by atoms with Gasteiger partial charge < -0.3 is 0 Å². The smallest absolute Gasteiger partial charge is 0.125 e. The van der Waals surface area contributed by atoms with E-state index in [1.54, 1.807) is 0 Å². The molecule has 1 aliphatic rings. The number of aromatic nitrogens is 1. The molecule has 2 rings (SSSR count). The van der Waals surface area contributed by atoms with Gasteiger partial charge in [0.1, 0.15) is 6.04 Å². The lowest BCUT2D eigenvalue weighted by Crippen LogP contribution is -2.33. The highest BCUT2D eigenvalue weighted by atomic mass is 15.2. The Bertz CT molecular complexity index is 371. The third kappa shape index (κ3) is 2.40. The van der Waals surface area contributed by atoms with Gasteiger partial charge in [0.25, 0.3) is 0 Å². The predicted octanol–water partition coefficient (Wildman–Crippen LogP) is 2.44. The second kappa shape index (κ2) is 5.09. The Balaban J connectivity index is 2.15. The second-order valence-corrected chi connectivity index (χ2v) is 4.36. The van der Waals surface area contributed by atoms with Crippen LogP contribution in [0, 0.1) is 18.3 Å². The van der Waals surface area contributed by atoms with Crippen molar-refractivity contribution in [2.24, 2.45) is 0 Å². The number of pyridine rings is 1. The summed E-state index contributed by atoms with van der Waals surface area (Å²) in [5.41, 5.74) is 2.02. The van der Waals surface area contributed by atoms with E-state index in [9.17, 15) is 5.26 Å². The maximum absolute atomic E-state index is 9.28. The quantitative estimate of drug-likeness (QED) is 0.760. The zero-order valence-electron chi connectivity index (χ0n) is 9.69. The molecule has 3 heteroatoms. The summed E-state index contributed by atoms with van der Waals surface area (Å²) in [4.78, 5) is 6.52. The van der Waals surface area contributed by atoms with Gasteiger partial charge in [-0.05, 0) is 38.9 Å². The number of hydrogen-bond acceptors (Lipinski definition) is 3. The van der Waals surface area contributed by atoms with Crippen LogP contribution >= 0.6 is 0 Å². The Hall–Kier alpha value is -1.40. The van der Waals surface area contributed by atoms with Crippen LogP contribution in [0.15, 0.2) is 18.3 Å². The van der Waals surface area contributed by atoms with Crippen molar-refractivity contribution in [3.05, 3.63) is 29.6 Å². The average molecular weight is 215 g/mol. The summed E-state index contributed by atoms with van der Waals surface area (Å²) >= 11 is 0. The molecule has 1 atom stereocenters. The molecule has 1 unspecified atom stereocenters. The first-order valence-corrected chi connectivity index (χ1v) is 5.87. The van der Waals surface area contributed by atoms with Gasteiger partial charge in [-0.15, -0.1) is 0 Å². The number of nitriles is 1. The molecule has 1 fully saturated rings. The van der Waals surface area contributed by atoms with Crippen molar-refractivity contribution >= 4 is 0 Å². The molecular formula is C13H17N3. The van der Waals surface area contributed by atoms with Gasteiger partial charge in [0.05, 0.1) is 6.07 Å². The van der Waals surface area contributed by atoms with Gasteiger partial charge in [0, 0.05) is 17.5 Å². The fraction of sp³-hybridized carbons (Fsp3) is 0.538. The van der Waals surface area contributed by atoms with Gasteiger partial charge in [-0.3, -0.25) is 9.88 Å². The van der Waals surface area contributed by atoms with E-state index in [4.69, 9.17) is 0 Å². The molecule has 0 saturated carbocycles. The fourth-order valence-corrected chi connectivity index (χ4v) is 2.18. The molecule has 0 amide bonds. The van der Waals surface area contributed by atoms with Gasteiger partial charge in [-0.2, -0.15) is 5.26 Å². The third-order valence-electron chi connectivity index (χ3n) is 3.13. The minimum atomic E-state index is -0.117. The van der Waals surface area contributed by atoms with Gasteiger partial charge in [-0.25, -0.2) is 0 Å². The van der Waals surface area contributed by atoms with E-state index in [0.29, 0.717) is 0 Å². The summed E-state index contributed by atoms with van der Waals surface area (Å²) in [6, 6.07) is 6.27. The van der Waals surface area contributed by atoms with Crippen LogP contribution in [0.25, 0.3) is 0 Å². The van der Waals surface area contributed by atoms with Crippen molar-refractivity contribution in [3.63, 3.8) is 0 Å². The molecule has 0 spiro atoms. The molecule has 0 N–H and O–H groups in total. The van der Waals surface area contributed by atoms with Crippen molar-refractivity contribution < 1.29 is 0 Å². The number of nitrogens with zero attached hydrogens (tertiary/aromatic N) is 3. The van der Waals surface area contributed by atoms with Crippen molar-refractivity contribution in [2.75, 3.05) is 13.1 Å². The summed E-state index contributed by atoms with van der Waals surface area (Å²) in [5, 5.41) is 9.28. The topological polar surface area (TPSA) is 39.9 Å². The van der Waals surface area contributed by atoms with Crippen LogP contribution in [0.5, 0.6) is 0 Å². The SMILES string of the molecule is Cc1ccc(C(C#N)N2CCCCC2)cn1. The van der Waals surface area contributed by atoms with Crippen LogP contribution < -0.4 is 0 Å². The van der Waals surface area contributed by atoms with Gasteiger partial charge >= 0.3 is 0 Å². The first kappa shape index (κ1) is 11.1. The van der Waals surface area contributed by atoms with E-state index >= 15 is 0 Å². The molecule has 3 nitrogen and oxygen atoms in total. The summed E-state index contributed by atoms with van der Waals surface area (Å²) in [5.74, 6) is 0. The highest BCUT2D eigenvalue weighted by molar-refractivity contribution is 5.22. The monoisotopic (exact) mass is 215 g/mol. The first-order valence-electron chi connectivity index (χ1n) is 5.87. The molecule has 1 saturated heterocycles. The van der Waals surface area contributed by atoms with Crippen molar-refractivity contribution in [2.45, 2.75) is 32.2 Å². The zero-order chi connectivity index (χ0) is 11.4. The summed E-state index contributed by atoms with van der Waals surface area (Å²) in [6.45, 7) is 4.03. The van der Waals surface area contributed by atoms with E-state index in [0.717, 1.165) is 24.3 Å². The normalized spacial score (nSPS) is 19.0. The van der Waals surface area contributed by atoms with Crippen LogP contribution in [-0.4, -0.2) is 23.0 Å². The summed E-state index contributed by atoms with van der Waals surface area (Å²) in [7, 11) is 0. The molecule has 0 radical (unpaired) electrons. The summed E-state index contributed by atoms with van der Waals surface area (Å²) < 4.78 is 0. The average Bonchev–Trinajstić information content (AvgIpc) is 2.34. The molecule has 1 aromatic heterocycles. The van der Waals surface area contributed by atoms with Gasteiger partial charge in [0.15, 0.2) is 0 Å².